The number of likely N-dealkylation sites (N-methyl/N-ethyl adjacent to an activating group) is 6. The molecule has 3 saturated carbocycles. The quantitative estimate of drug-likeness (QED) is 0.196. The second kappa shape index (κ2) is 36.2. The SMILES string of the molecule is CC[C@H](C)[C@@H]1NC(=O)[C@H](CC(C)C)N(C)C(=O)C[C@@H](C(=O)N2CCCCC2)NC(=O)[C@H](C2CCCCC2)N(C)C(=O)C2(CCCC2)NC(=O)[C@@H]2CCCN2C(=O)[C@H](CCc2ccc(C(F)(F)F)c(Cl)c2)NC(=O)CN(C)C(=O)[C@H](CC2CCCCC2)N(C)C(=O)CN(C)C(=O)CN(C)C1=O. The number of fused-ring (bicyclic) bond motifs is 1. The van der Waals surface area contributed by atoms with E-state index in [9.17, 15) is 51.5 Å². The van der Waals surface area contributed by atoms with Crippen LogP contribution in [-0.4, -0.2) is 239 Å². The molecule has 0 aromatic heterocycles. The Labute approximate surface area is 592 Å². The van der Waals surface area contributed by atoms with Crippen LogP contribution in [0, 0.1) is 23.7 Å². The minimum absolute atomic E-state index is 0.0201. The van der Waals surface area contributed by atoms with Crippen LogP contribution in [0.2, 0.25) is 5.02 Å². The van der Waals surface area contributed by atoms with Crippen molar-refractivity contribution in [1.82, 2.24) is 60.5 Å². The van der Waals surface area contributed by atoms with Crippen LogP contribution in [0.3, 0.4) is 0 Å². The Morgan fingerprint density at radius 3 is 1.83 bits per heavy atom. The number of nitrogens with zero attached hydrogens (tertiary/aromatic N) is 8. The first-order valence-electron chi connectivity index (χ1n) is 36.5. The van der Waals surface area contributed by atoms with Gasteiger partial charge in [-0.05, 0) is 125 Å². The lowest BCUT2D eigenvalue weighted by Gasteiger charge is -2.41. The first kappa shape index (κ1) is 80.3. The van der Waals surface area contributed by atoms with E-state index in [4.69, 9.17) is 11.6 Å². The molecule has 0 radical (unpaired) electrons. The molecule has 1 aromatic carbocycles. The van der Waals surface area contributed by atoms with Crippen LogP contribution in [0.25, 0.3) is 0 Å². The number of amides is 12. The van der Waals surface area contributed by atoms with E-state index < -0.39 is 173 Å². The van der Waals surface area contributed by atoms with E-state index >= 15 is 19.2 Å². The van der Waals surface area contributed by atoms with Gasteiger partial charge in [0.1, 0.15) is 47.8 Å². The minimum Gasteiger partial charge on any atom is -0.343 e. The molecule has 12 amide bonds. The number of hydrogen-bond donors (Lipinski definition) is 4. The lowest BCUT2D eigenvalue weighted by molar-refractivity contribution is -0.151. The molecule has 1 aromatic rings. The fraction of sp³-hybridized carbons (Fsp3) is 0.750. The van der Waals surface area contributed by atoms with Gasteiger partial charge in [-0.1, -0.05) is 116 Å². The van der Waals surface area contributed by atoms with E-state index in [-0.39, 0.29) is 63.3 Å². The van der Waals surface area contributed by atoms with Crippen LogP contribution in [-0.2, 0) is 70.1 Å². The Kier molecular flexibility index (Phi) is 29.0. The molecule has 4 N–H and O–H groups in total. The number of hydrogen-bond acceptors (Lipinski definition) is 12. The molecular formula is C72H110ClF3N12O12. The van der Waals surface area contributed by atoms with Gasteiger partial charge in [-0.25, -0.2) is 0 Å². The number of benzene rings is 1. The second-order valence-corrected chi connectivity index (χ2v) is 30.2. The first-order valence-corrected chi connectivity index (χ1v) is 36.8. The Morgan fingerprint density at radius 2 is 1.22 bits per heavy atom. The smallest absolute Gasteiger partial charge is 0.343 e. The molecule has 1 spiro atoms. The Bertz CT molecular complexity index is 3100. The molecule has 28 heteroatoms. The summed E-state index contributed by atoms with van der Waals surface area (Å²) in [7, 11) is 8.53. The Hall–Kier alpha value is -7.06. The monoisotopic (exact) mass is 1430 g/mol. The van der Waals surface area contributed by atoms with Crippen LogP contribution in [0.1, 0.15) is 193 Å². The van der Waals surface area contributed by atoms with Gasteiger partial charge in [0.25, 0.3) is 0 Å². The molecule has 558 valence electrons. The van der Waals surface area contributed by atoms with Gasteiger partial charge in [0.2, 0.25) is 70.9 Å². The number of rotatable bonds is 11. The average molecular weight is 1430 g/mol. The summed E-state index contributed by atoms with van der Waals surface area (Å²) in [5.74, 6) is -8.85. The summed E-state index contributed by atoms with van der Waals surface area (Å²) in [6, 6.07) is -5.58. The van der Waals surface area contributed by atoms with Gasteiger partial charge < -0.3 is 60.5 Å². The van der Waals surface area contributed by atoms with Crippen molar-refractivity contribution in [2.75, 3.05) is 81.6 Å². The van der Waals surface area contributed by atoms with Crippen molar-refractivity contribution in [2.24, 2.45) is 23.7 Å². The maximum absolute atomic E-state index is 15.6. The normalized spacial score (nSPS) is 26.8. The van der Waals surface area contributed by atoms with Crippen LogP contribution in [0.5, 0.6) is 0 Å². The van der Waals surface area contributed by atoms with Crippen molar-refractivity contribution < 1.29 is 70.7 Å². The number of carbonyl (C=O) groups is 12. The highest BCUT2D eigenvalue weighted by molar-refractivity contribution is 6.31. The highest BCUT2D eigenvalue weighted by atomic mass is 35.5. The molecule has 8 atom stereocenters. The molecule has 3 saturated heterocycles. The van der Waals surface area contributed by atoms with E-state index in [1.165, 1.54) is 68.0 Å². The molecule has 3 aliphatic heterocycles. The zero-order valence-corrected chi connectivity index (χ0v) is 61.2. The number of alkyl halides is 3. The van der Waals surface area contributed by atoms with Gasteiger partial charge >= 0.3 is 6.18 Å². The summed E-state index contributed by atoms with van der Waals surface area (Å²) < 4.78 is 41.6. The molecule has 0 bridgehead atoms. The summed E-state index contributed by atoms with van der Waals surface area (Å²) in [6.07, 6.45) is 7.06. The van der Waals surface area contributed by atoms with Gasteiger partial charge in [-0.3, -0.25) is 57.5 Å². The maximum Gasteiger partial charge on any atom is 0.417 e. The molecule has 7 rings (SSSR count). The Morgan fingerprint density at radius 1 is 0.620 bits per heavy atom. The summed E-state index contributed by atoms with van der Waals surface area (Å²) in [4.78, 5) is 189. The third-order valence-corrected chi connectivity index (χ3v) is 22.2. The highest BCUT2D eigenvalue weighted by Crippen LogP contribution is 2.38. The Balaban J connectivity index is 1.28. The van der Waals surface area contributed by atoms with Gasteiger partial charge in [-0.15, -0.1) is 0 Å². The predicted octanol–water partition coefficient (Wildman–Crippen LogP) is 6.08. The van der Waals surface area contributed by atoms with Crippen LogP contribution in [0.15, 0.2) is 18.2 Å². The summed E-state index contributed by atoms with van der Waals surface area (Å²) in [5, 5.41) is 11.1. The van der Waals surface area contributed by atoms with Crippen LogP contribution >= 0.6 is 11.6 Å². The van der Waals surface area contributed by atoms with Crippen molar-refractivity contribution in [2.45, 2.75) is 242 Å². The summed E-state index contributed by atoms with van der Waals surface area (Å²) in [6.45, 7) is 6.44. The largest absolute Gasteiger partial charge is 0.417 e. The zero-order chi connectivity index (χ0) is 73.5. The lowest BCUT2D eigenvalue weighted by Crippen LogP contribution is -2.65. The molecule has 24 nitrogen and oxygen atoms in total. The van der Waals surface area contributed by atoms with Gasteiger partial charge in [-0.2, -0.15) is 13.2 Å². The minimum atomic E-state index is -4.76. The lowest BCUT2D eigenvalue weighted by atomic mass is 9.82. The van der Waals surface area contributed by atoms with Crippen molar-refractivity contribution in [1.29, 1.82) is 0 Å². The number of aryl methyl sites for hydroxylation is 1. The van der Waals surface area contributed by atoms with Gasteiger partial charge in [0.15, 0.2) is 0 Å². The highest BCUT2D eigenvalue weighted by Gasteiger charge is 2.51. The number of nitrogens with one attached hydrogen (secondary N) is 4. The second-order valence-electron chi connectivity index (χ2n) is 29.8. The fourth-order valence-electron chi connectivity index (χ4n) is 15.6. The number of piperidine rings is 1. The standard InChI is InChI=1S/C72H110ClF3N12O12/c1-11-46(4)61-69(99)83(7)43-59(91)81(5)44-60(92)85(9)56(40-47-24-15-12-16-25-47)68(98)82(6)42-57(89)77-52(32-30-48-29-31-50(51(73)39-48)72(74,75)76)67(97)88-37-23-28-54(88)64(94)80-71(33-19-20-34-71)70(100)86(10)62(49-26-17-13-18-27-49)65(95)78-53(66(96)87-35-21-14-22-36-87)41-58(90)84(8)55(38-45(2)3)63(93)79-61/h29,31,39,45-47,49,52-56,61-62H,11-28,30,32-38,40-44H2,1-10H3,(H,77,89)(H,78,95)(H,79,93)(H,80,94)/t46-,52-,53-,54-,55-,56-,61-,62-/m0/s1. The fourth-order valence-corrected chi connectivity index (χ4v) is 15.9. The zero-order valence-electron chi connectivity index (χ0n) is 60.5. The van der Waals surface area contributed by atoms with Gasteiger partial charge in [0, 0.05) is 61.9 Å². The topological polar surface area (TPSA) is 279 Å². The van der Waals surface area contributed by atoms with Crippen LogP contribution in [0.4, 0.5) is 13.2 Å². The van der Waals surface area contributed by atoms with Crippen molar-refractivity contribution in [3.63, 3.8) is 0 Å². The molecule has 3 heterocycles. The van der Waals surface area contributed by atoms with Crippen molar-refractivity contribution in [3.8, 4) is 0 Å². The van der Waals surface area contributed by atoms with E-state index in [1.54, 1.807) is 11.8 Å². The van der Waals surface area contributed by atoms with Crippen molar-refractivity contribution in [3.05, 3.63) is 34.3 Å². The predicted molar refractivity (Wildman–Crippen MR) is 369 cm³/mol. The molecule has 3 aliphatic carbocycles. The maximum atomic E-state index is 15.6. The molecule has 0 unspecified atom stereocenters. The van der Waals surface area contributed by atoms with Crippen molar-refractivity contribution >= 4 is 82.5 Å². The molecular weight excluding hydrogens is 1320 g/mol. The summed E-state index contributed by atoms with van der Waals surface area (Å²) in [5.41, 5.74) is -2.33. The third kappa shape index (κ3) is 20.6. The molecule has 6 fully saturated rings. The number of carbonyl (C=O) groups excluding carboxylic acids is 12. The van der Waals surface area contributed by atoms with E-state index in [2.05, 4.69) is 21.3 Å². The van der Waals surface area contributed by atoms with E-state index in [1.807, 2.05) is 20.8 Å². The number of likely N-dealkylation sites (tertiary alicyclic amines) is 1. The summed E-state index contributed by atoms with van der Waals surface area (Å²) >= 11 is 6.16. The number of halogens is 4. The van der Waals surface area contributed by atoms with E-state index in [0.717, 1.165) is 84.6 Å². The third-order valence-electron chi connectivity index (χ3n) is 21.9. The molecule has 100 heavy (non-hydrogen) atoms. The average Bonchev–Trinajstić information content (AvgIpc) is 1.52. The first-order chi connectivity index (χ1) is 47.3. The molecule has 6 aliphatic rings. The van der Waals surface area contributed by atoms with Gasteiger partial charge in [0.05, 0.1) is 36.6 Å². The van der Waals surface area contributed by atoms with E-state index in [0.29, 0.717) is 70.0 Å². The van der Waals surface area contributed by atoms with Crippen LogP contribution < -0.4 is 21.3 Å².